The van der Waals surface area contributed by atoms with Crippen molar-refractivity contribution in [1.29, 1.82) is 0 Å². The van der Waals surface area contributed by atoms with Crippen LogP contribution in [0.15, 0.2) is 3.77 Å². The number of hydrogen-bond donors (Lipinski definition) is 0. The fourth-order valence-corrected chi connectivity index (χ4v) is 1.85. The van der Waals surface area contributed by atoms with Crippen LogP contribution in [0.4, 0.5) is 3.89 Å². The summed E-state index contributed by atoms with van der Waals surface area (Å²) in [6.07, 6.45) is -0.240. The normalized spacial score (nSPS) is 17.3. The molecule has 0 fully saturated rings. The van der Waals surface area contributed by atoms with E-state index in [9.17, 15) is 3.89 Å². The molecule has 0 rings (SSSR count). The quantitative estimate of drug-likeness (QED) is 0.506. The Kier molecular flexibility index (Phi) is 3.82. The van der Waals surface area contributed by atoms with Gasteiger partial charge >= 0.3 is 0 Å². The highest BCUT2D eigenvalue weighted by Crippen LogP contribution is 2.13. The van der Waals surface area contributed by atoms with Gasteiger partial charge in [-0.2, -0.15) is 7.65 Å². The smallest absolute Gasteiger partial charge is 0.0868 e. The molecule has 1 nitrogen and oxygen atoms in total. The second-order valence-corrected chi connectivity index (χ2v) is 2.98. The third kappa shape index (κ3) is 5.16. The highest BCUT2D eigenvalue weighted by atomic mass is 127. The van der Waals surface area contributed by atoms with Gasteiger partial charge in [0.15, 0.2) is 0 Å². The molecule has 0 aliphatic rings. The maximum Gasteiger partial charge on any atom is 0.0868 e. The molecule has 0 heterocycles. The van der Waals surface area contributed by atoms with Gasteiger partial charge in [-0.1, -0.05) is 0 Å². The van der Waals surface area contributed by atoms with E-state index in [1.54, 1.807) is 0 Å². The van der Waals surface area contributed by atoms with Crippen LogP contribution in [0.1, 0.15) is 1.37 Å². The molecule has 6 heavy (non-hydrogen) atoms. The maximum absolute atomic E-state index is 11.8. The summed E-state index contributed by atoms with van der Waals surface area (Å²) in [6, 6.07) is 0. The lowest BCUT2D eigenvalue weighted by Gasteiger charge is -1.74. The molecule has 0 aliphatic carbocycles. The summed E-state index contributed by atoms with van der Waals surface area (Å²) in [5.74, 6) is 0. The van der Waals surface area contributed by atoms with Crippen LogP contribution < -0.4 is 0 Å². The fourth-order valence-electron chi connectivity index (χ4n) is 0.0306. The van der Waals surface area contributed by atoms with Crippen molar-refractivity contribution in [3.05, 3.63) is 0 Å². The summed E-state index contributed by atoms with van der Waals surface area (Å²) >= 11 is 0.330. The van der Waals surface area contributed by atoms with E-state index in [1.807, 2.05) is 21.2 Å². The van der Waals surface area contributed by atoms with Crippen LogP contribution in [0.25, 0.3) is 0 Å². The molecule has 5 heteroatoms. The van der Waals surface area contributed by atoms with E-state index in [4.69, 9.17) is 1.37 Å². The summed E-state index contributed by atoms with van der Waals surface area (Å²) in [4.78, 5) is 0. The third-order valence-electron chi connectivity index (χ3n) is 0.109. The van der Waals surface area contributed by atoms with Crippen LogP contribution in [0, 0.1) is 0 Å². The molecule has 1 unspecified atom stereocenters. The first-order chi connectivity index (χ1) is 3.31. The predicted octanol–water partition coefficient (Wildman–Crippen LogP) is 2.30. The van der Waals surface area contributed by atoms with Gasteiger partial charge in [0.05, 0.1) is 20.2 Å². The SMILES string of the molecule is [2H]CS(F)=NSI. The Morgan fingerprint density at radius 2 is 3.00 bits per heavy atom. The topological polar surface area (TPSA) is 12.4 Å². The summed E-state index contributed by atoms with van der Waals surface area (Å²) in [6.45, 7) is 0. The van der Waals surface area contributed by atoms with Gasteiger partial charge in [-0.15, -0.1) is 0 Å². The first kappa shape index (κ1) is 5.30. The first-order valence-electron chi connectivity index (χ1n) is 1.67. The summed E-state index contributed by atoms with van der Waals surface area (Å²) in [5.41, 5.74) is 0. The molecule has 0 aromatic carbocycles. The van der Waals surface area contributed by atoms with Crippen LogP contribution in [0.3, 0.4) is 0 Å². The molecular formula is CH3FINS2. The molecule has 0 aromatic heterocycles. The Morgan fingerprint density at radius 1 is 2.33 bits per heavy atom. The highest BCUT2D eigenvalue weighted by molar-refractivity contribution is 14.2. The molecule has 0 saturated carbocycles. The number of rotatable bonds is 1. The molecule has 38 valence electrons. The third-order valence-corrected chi connectivity index (χ3v) is 2.43. The van der Waals surface area contributed by atoms with E-state index in [1.165, 1.54) is 0 Å². The van der Waals surface area contributed by atoms with E-state index >= 15 is 0 Å². The molecule has 0 amide bonds. The Morgan fingerprint density at radius 3 is 3.17 bits per heavy atom. The monoisotopic (exact) mass is 240 g/mol. The lowest BCUT2D eigenvalue weighted by molar-refractivity contribution is 0.927. The Labute approximate surface area is 56.6 Å². The van der Waals surface area contributed by atoms with Crippen LogP contribution in [-0.2, 0) is 11.1 Å². The van der Waals surface area contributed by atoms with Gasteiger partial charge in [0, 0.05) is 28.8 Å². The molecule has 0 aliphatic heterocycles. The van der Waals surface area contributed by atoms with E-state index in [2.05, 4.69) is 3.77 Å². The van der Waals surface area contributed by atoms with Crippen LogP contribution in [0.2, 0.25) is 0 Å². The van der Waals surface area contributed by atoms with Crippen molar-refractivity contribution >= 4 is 41.4 Å². The standard InChI is InChI=1S/CH3FINS2/c1-6(2)4-5-3/h1H3/i1D. The van der Waals surface area contributed by atoms with E-state index in [0.717, 1.165) is 9.12 Å². The molecule has 0 spiro atoms. The van der Waals surface area contributed by atoms with E-state index in [-0.39, 0.29) is 6.23 Å². The van der Waals surface area contributed by atoms with Gasteiger partial charge in [0.25, 0.3) is 0 Å². The zero-order valence-electron chi connectivity index (χ0n) is 3.73. The van der Waals surface area contributed by atoms with Crippen molar-refractivity contribution in [2.45, 2.75) is 0 Å². The van der Waals surface area contributed by atoms with E-state index < -0.39 is 11.1 Å². The van der Waals surface area contributed by atoms with Gasteiger partial charge in [-0.25, -0.2) is 0 Å². The Balaban J connectivity index is 3.29. The second kappa shape index (κ2) is 4.32. The van der Waals surface area contributed by atoms with Crippen LogP contribution >= 0.6 is 30.3 Å². The van der Waals surface area contributed by atoms with Crippen molar-refractivity contribution in [2.24, 2.45) is 3.77 Å². The predicted molar refractivity (Wildman–Crippen MR) is 38.4 cm³/mol. The molecule has 0 aromatic rings. The van der Waals surface area contributed by atoms with Crippen LogP contribution in [0.5, 0.6) is 0 Å². The van der Waals surface area contributed by atoms with Crippen LogP contribution in [-0.4, -0.2) is 6.23 Å². The minimum atomic E-state index is -1.53. The molecule has 0 bridgehead atoms. The van der Waals surface area contributed by atoms with Gasteiger partial charge < -0.3 is 0 Å². The minimum Gasteiger partial charge on any atom is -0.154 e. The van der Waals surface area contributed by atoms with Crippen molar-refractivity contribution in [1.82, 2.24) is 0 Å². The largest absolute Gasteiger partial charge is 0.154 e. The van der Waals surface area contributed by atoms with Crippen molar-refractivity contribution in [3.8, 4) is 0 Å². The van der Waals surface area contributed by atoms with Gasteiger partial charge in [0.1, 0.15) is 0 Å². The van der Waals surface area contributed by atoms with Gasteiger partial charge in [-0.05, 0) is 0 Å². The Bertz CT molecular complexity index is 78.1. The van der Waals surface area contributed by atoms with Gasteiger partial charge in [-0.3, -0.25) is 0 Å². The second-order valence-electron chi connectivity index (χ2n) is 0.451. The summed E-state index contributed by atoms with van der Waals surface area (Å²) in [5, 5.41) is 0. The molecule has 0 saturated heterocycles. The highest BCUT2D eigenvalue weighted by Gasteiger charge is 1.73. The summed E-state index contributed by atoms with van der Waals surface area (Å²) in [7, 11) is 1.05. The van der Waals surface area contributed by atoms with Crippen molar-refractivity contribution in [3.63, 3.8) is 0 Å². The Hall–Kier alpha value is 1.16. The first-order valence-corrected chi connectivity index (χ1v) is 5.53. The number of halogens is 2. The maximum atomic E-state index is 11.8. The minimum absolute atomic E-state index is 0.240. The average molecular weight is 240 g/mol. The lowest BCUT2D eigenvalue weighted by Crippen LogP contribution is -1.61. The fraction of sp³-hybridized carbons (Fsp3) is 1.00. The zero-order chi connectivity index (χ0) is 5.70. The number of hydrogen-bond acceptors (Lipinski definition) is 2. The molecule has 0 radical (unpaired) electrons. The van der Waals surface area contributed by atoms with Crippen molar-refractivity contribution < 1.29 is 5.26 Å². The molecular weight excluding hydrogens is 236 g/mol. The average Bonchev–Trinajstić information content (AvgIpc) is 1.68. The molecule has 1 atom stereocenters. The van der Waals surface area contributed by atoms with Crippen molar-refractivity contribution in [2.75, 3.05) is 6.23 Å². The molecule has 0 N–H and O–H groups in total. The van der Waals surface area contributed by atoms with E-state index in [0.29, 0.717) is 0 Å². The van der Waals surface area contributed by atoms with Gasteiger partial charge in [0.2, 0.25) is 0 Å². The summed E-state index contributed by atoms with van der Waals surface area (Å²) < 4.78 is 21.5. The zero-order valence-corrected chi connectivity index (χ0v) is 6.52. The lowest BCUT2D eigenvalue weighted by atomic mass is 12.0. The number of nitrogens with zero attached hydrogens (tertiary/aromatic N) is 1.